The Labute approximate surface area is 83.2 Å². The molecule has 0 fully saturated rings. The smallest absolute Gasteiger partial charge is 0.0412 e. The first-order valence-corrected chi connectivity index (χ1v) is 4.56. The molecule has 1 aromatic carbocycles. The Kier molecular flexibility index (Phi) is 3.46. The van der Waals surface area contributed by atoms with Gasteiger partial charge in [-0.25, -0.2) is 0 Å². The fourth-order valence-electron chi connectivity index (χ4n) is 1.12. The summed E-state index contributed by atoms with van der Waals surface area (Å²) in [6.45, 7) is 1.89. The highest BCUT2D eigenvalue weighted by atomic mass is 35.5. The first kappa shape index (κ1) is 10.2. The molecule has 0 radical (unpaired) electrons. The predicted octanol–water partition coefficient (Wildman–Crippen LogP) is 2.45. The average Bonchev–Trinajstić information content (AvgIpc) is 2.03. The van der Waals surface area contributed by atoms with Gasteiger partial charge in [0.15, 0.2) is 0 Å². The van der Waals surface area contributed by atoms with Gasteiger partial charge in [-0.1, -0.05) is 23.7 Å². The molecular formula is C10H13ClN2. The lowest BCUT2D eigenvalue weighted by Crippen LogP contribution is -2.19. The molecule has 0 aromatic heterocycles. The summed E-state index contributed by atoms with van der Waals surface area (Å²) in [6.07, 6.45) is 0.584. The van der Waals surface area contributed by atoms with Crippen molar-refractivity contribution in [3.63, 3.8) is 0 Å². The summed E-state index contributed by atoms with van der Waals surface area (Å²) in [4.78, 5) is 0. The van der Waals surface area contributed by atoms with E-state index in [0.29, 0.717) is 17.2 Å². The standard InChI is InChI=1S/C10H13ClN2/c1-7(12)5-10(13)8-3-2-4-9(11)6-8/h2-4,6-7,13H,5,12H2,1H3. The number of benzene rings is 1. The molecule has 0 amide bonds. The highest BCUT2D eigenvalue weighted by Gasteiger charge is 2.04. The van der Waals surface area contributed by atoms with Crippen LogP contribution in [-0.4, -0.2) is 11.8 Å². The third kappa shape index (κ3) is 3.17. The lowest BCUT2D eigenvalue weighted by molar-refractivity contribution is 0.777. The Morgan fingerprint density at radius 1 is 1.62 bits per heavy atom. The lowest BCUT2D eigenvalue weighted by Gasteiger charge is -2.06. The van der Waals surface area contributed by atoms with Crippen molar-refractivity contribution in [2.75, 3.05) is 0 Å². The summed E-state index contributed by atoms with van der Waals surface area (Å²) in [5.41, 5.74) is 6.99. The molecule has 1 unspecified atom stereocenters. The van der Waals surface area contributed by atoms with Crippen LogP contribution < -0.4 is 5.73 Å². The van der Waals surface area contributed by atoms with Gasteiger partial charge in [-0.15, -0.1) is 0 Å². The van der Waals surface area contributed by atoms with Gasteiger partial charge >= 0.3 is 0 Å². The quantitative estimate of drug-likeness (QED) is 0.717. The van der Waals surface area contributed by atoms with E-state index in [1.807, 2.05) is 19.1 Å². The van der Waals surface area contributed by atoms with Crippen LogP contribution in [0.2, 0.25) is 5.02 Å². The fourth-order valence-corrected chi connectivity index (χ4v) is 1.31. The van der Waals surface area contributed by atoms with E-state index in [-0.39, 0.29) is 6.04 Å². The van der Waals surface area contributed by atoms with Crippen molar-refractivity contribution < 1.29 is 0 Å². The Morgan fingerprint density at radius 2 is 2.31 bits per heavy atom. The minimum atomic E-state index is 0.0199. The van der Waals surface area contributed by atoms with Crippen LogP contribution in [0, 0.1) is 5.41 Å². The monoisotopic (exact) mass is 196 g/mol. The summed E-state index contributed by atoms with van der Waals surface area (Å²) in [5, 5.41) is 8.38. The van der Waals surface area contributed by atoms with Crippen LogP contribution in [0.5, 0.6) is 0 Å². The summed E-state index contributed by atoms with van der Waals surface area (Å²) in [5.74, 6) is 0. The van der Waals surface area contributed by atoms with E-state index < -0.39 is 0 Å². The largest absolute Gasteiger partial charge is 0.328 e. The second-order valence-electron chi connectivity index (χ2n) is 3.17. The first-order chi connectivity index (χ1) is 6.09. The summed E-state index contributed by atoms with van der Waals surface area (Å²) < 4.78 is 0. The van der Waals surface area contributed by atoms with Gasteiger partial charge in [-0.05, 0) is 24.6 Å². The maximum Gasteiger partial charge on any atom is 0.0412 e. The van der Waals surface area contributed by atoms with Gasteiger partial charge in [0.1, 0.15) is 0 Å². The van der Waals surface area contributed by atoms with Crippen LogP contribution in [0.15, 0.2) is 24.3 Å². The van der Waals surface area contributed by atoms with Gasteiger partial charge < -0.3 is 11.1 Å². The molecule has 0 aliphatic carbocycles. The Bertz CT molecular complexity index is 308. The van der Waals surface area contributed by atoms with Crippen molar-refractivity contribution >= 4 is 17.3 Å². The molecule has 0 saturated heterocycles. The number of nitrogens with one attached hydrogen (secondary N) is 1. The van der Waals surface area contributed by atoms with Crippen molar-refractivity contribution in [1.29, 1.82) is 5.41 Å². The average molecular weight is 197 g/mol. The molecule has 0 heterocycles. The van der Waals surface area contributed by atoms with E-state index in [9.17, 15) is 0 Å². The van der Waals surface area contributed by atoms with Crippen LogP contribution in [0.1, 0.15) is 18.9 Å². The van der Waals surface area contributed by atoms with Crippen molar-refractivity contribution in [3.8, 4) is 0 Å². The van der Waals surface area contributed by atoms with Gasteiger partial charge in [-0.3, -0.25) is 0 Å². The molecule has 1 atom stereocenters. The van der Waals surface area contributed by atoms with E-state index in [0.717, 1.165) is 5.56 Å². The minimum Gasteiger partial charge on any atom is -0.328 e. The SMILES string of the molecule is CC(N)CC(=N)c1cccc(Cl)c1. The number of nitrogens with two attached hydrogens (primary N) is 1. The minimum absolute atomic E-state index is 0.0199. The van der Waals surface area contributed by atoms with E-state index in [1.54, 1.807) is 12.1 Å². The maximum absolute atomic E-state index is 7.72. The van der Waals surface area contributed by atoms with Crippen LogP contribution in [0.3, 0.4) is 0 Å². The lowest BCUT2D eigenvalue weighted by atomic mass is 10.0. The van der Waals surface area contributed by atoms with E-state index in [4.69, 9.17) is 22.7 Å². The molecule has 0 bridgehead atoms. The molecular weight excluding hydrogens is 184 g/mol. The van der Waals surface area contributed by atoms with E-state index in [2.05, 4.69) is 0 Å². The Hall–Kier alpha value is -0.860. The zero-order chi connectivity index (χ0) is 9.84. The molecule has 0 spiro atoms. The number of hydrogen-bond acceptors (Lipinski definition) is 2. The summed E-state index contributed by atoms with van der Waals surface area (Å²) in [6, 6.07) is 7.31. The van der Waals surface area contributed by atoms with E-state index in [1.165, 1.54) is 0 Å². The molecule has 3 N–H and O–H groups in total. The molecule has 3 heteroatoms. The van der Waals surface area contributed by atoms with Gasteiger partial charge in [-0.2, -0.15) is 0 Å². The normalized spacial score (nSPS) is 12.5. The number of halogens is 1. The molecule has 70 valence electrons. The zero-order valence-electron chi connectivity index (χ0n) is 7.55. The Balaban J connectivity index is 2.77. The van der Waals surface area contributed by atoms with Crippen molar-refractivity contribution in [2.45, 2.75) is 19.4 Å². The Morgan fingerprint density at radius 3 is 2.85 bits per heavy atom. The highest BCUT2D eigenvalue weighted by Crippen LogP contribution is 2.12. The van der Waals surface area contributed by atoms with Gasteiger partial charge in [0.25, 0.3) is 0 Å². The van der Waals surface area contributed by atoms with Gasteiger partial charge in [0.2, 0.25) is 0 Å². The van der Waals surface area contributed by atoms with Crippen LogP contribution in [0.4, 0.5) is 0 Å². The molecule has 0 saturated carbocycles. The van der Waals surface area contributed by atoms with Crippen LogP contribution in [-0.2, 0) is 0 Å². The maximum atomic E-state index is 7.72. The molecule has 1 aromatic rings. The molecule has 1 rings (SSSR count). The topological polar surface area (TPSA) is 49.9 Å². The summed E-state index contributed by atoms with van der Waals surface area (Å²) in [7, 11) is 0. The summed E-state index contributed by atoms with van der Waals surface area (Å²) >= 11 is 5.80. The van der Waals surface area contributed by atoms with E-state index >= 15 is 0 Å². The van der Waals surface area contributed by atoms with Crippen LogP contribution >= 0.6 is 11.6 Å². The van der Waals surface area contributed by atoms with Gasteiger partial charge in [0, 0.05) is 23.2 Å². The highest BCUT2D eigenvalue weighted by molar-refractivity contribution is 6.31. The number of rotatable bonds is 3. The molecule has 2 nitrogen and oxygen atoms in total. The molecule has 0 aliphatic heterocycles. The second-order valence-corrected chi connectivity index (χ2v) is 3.61. The predicted molar refractivity (Wildman–Crippen MR) is 56.5 cm³/mol. The van der Waals surface area contributed by atoms with Crippen molar-refractivity contribution in [2.24, 2.45) is 5.73 Å². The third-order valence-electron chi connectivity index (χ3n) is 1.70. The fraction of sp³-hybridized carbons (Fsp3) is 0.300. The van der Waals surface area contributed by atoms with Crippen molar-refractivity contribution in [3.05, 3.63) is 34.9 Å². The van der Waals surface area contributed by atoms with Crippen molar-refractivity contribution in [1.82, 2.24) is 0 Å². The van der Waals surface area contributed by atoms with Crippen LogP contribution in [0.25, 0.3) is 0 Å². The molecule has 13 heavy (non-hydrogen) atoms. The zero-order valence-corrected chi connectivity index (χ0v) is 8.31. The van der Waals surface area contributed by atoms with Gasteiger partial charge in [0.05, 0.1) is 0 Å². The number of hydrogen-bond donors (Lipinski definition) is 2. The molecule has 0 aliphatic rings. The second kappa shape index (κ2) is 4.40. The first-order valence-electron chi connectivity index (χ1n) is 4.18. The third-order valence-corrected chi connectivity index (χ3v) is 1.93.